The summed E-state index contributed by atoms with van der Waals surface area (Å²) in [6.07, 6.45) is 1.56. The molecule has 0 N–H and O–H groups in total. The van der Waals surface area contributed by atoms with E-state index in [4.69, 9.17) is 14.7 Å². The molecule has 1 aliphatic heterocycles. The van der Waals surface area contributed by atoms with Gasteiger partial charge in [-0.15, -0.1) is 0 Å². The van der Waals surface area contributed by atoms with Gasteiger partial charge in [-0.25, -0.2) is 0 Å². The van der Waals surface area contributed by atoms with Crippen LogP contribution in [-0.4, -0.2) is 12.6 Å². The Morgan fingerprint density at radius 2 is 2.21 bits per heavy atom. The highest BCUT2D eigenvalue weighted by molar-refractivity contribution is 9.10. The molecule has 5 heteroatoms. The van der Waals surface area contributed by atoms with E-state index in [0.717, 1.165) is 10.0 Å². The molecule has 0 aliphatic carbocycles. The first-order chi connectivity index (χ1) is 9.02. The summed E-state index contributed by atoms with van der Waals surface area (Å²) in [6, 6.07) is 5.48. The number of hydrogen-bond donors (Lipinski definition) is 0. The maximum absolute atomic E-state index is 11.8. The molecule has 2 rings (SSSR count). The van der Waals surface area contributed by atoms with Crippen molar-refractivity contribution >= 4 is 27.8 Å². The first-order valence-corrected chi connectivity index (χ1v) is 6.57. The molecule has 0 atom stereocenters. The SMILES string of the molecule is CC(C)C(=O)C(C#N)=Cc1cc(Br)c2c(c1)OCO2. The number of rotatable bonds is 3. The Morgan fingerprint density at radius 1 is 1.47 bits per heavy atom. The molecule has 0 fully saturated rings. The van der Waals surface area contributed by atoms with Crippen LogP contribution in [0.3, 0.4) is 0 Å². The normalized spacial score (nSPS) is 13.5. The zero-order chi connectivity index (χ0) is 14.0. The van der Waals surface area contributed by atoms with Crippen LogP contribution in [-0.2, 0) is 4.79 Å². The Hall–Kier alpha value is -1.80. The number of Topliss-reactive ketones (excluding diaryl/α,β-unsaturated/α-hetero) is 1. The highest BCUT2D eigenvalue weighted by Crippen LogP contribution is 2.40. The summed E-state index contributed by atoms with van der Waals surface area (Å²) in [5.41, 5.74) is 0.863. The first-order valence-electron chi connectivity index (χ1n) is 5.78. The van der Waals surface area contributed by atoms with Crippen molar-refractivity contribution < 1.29 is 14.3 Å². The average molecular weight is 322 g/mol. The standard InChI is InChI=1S/C14H12BrNO3/c1-8(2)13(17)10(6-16)3-9-4-11(15)14-12(5-9)18-7-19-14/h3-5,8H,7H2,1-2H3. The van der Waals surface area contributed by atoms with Crippen LogP contribution in [0.15, 0.2) is 22.2 Å². The predicted octanol–water partition coefficient (Wildman–Crippen LogP) is 3.31. The van der Waals surface area contributed by atoms with E-state index in [0.29, 0.717) is 11.5 Å². The van der Waals surface area contributed by atoms with E-state index in [9.17, 15) is 4.79 Å². The van der Waals surface area contributed by atoms with E-state index in [1.165, 1.54) is 0 Å². The molecule has 0 unspecified atom stereocenters. The zero-order valence-electron chi connectivity index (χ0n) is 10.6. The number of benzene rings is 1. The molecule has 0 spiro atoms. The van der Waals surface area contributed by atoms with Crippen molar-refractivity contribution in [2.45, 2.75) is 13.8 Å². The zero-order valence-corrected chi connectivity index (χ0v) is 12.2. The second-order valence-corrected chi connectivity index (χ2v) is 5.28. The molecule has 1 aromatic carbocycles. The number of fused-ring (bicyclic) bond motifs is 1. The van der Waals surface area contributed by atoms with Gasteiger partial charge in [0.1, 0.15) is 6.07 Å². The fourth-order valence-corrected chi connectivity index (χ4v) is 2.28. The maximum Gasteiger partial charge on any atom is 0.231 e. The van der Waals surface area contributed by atoms with Crippen LogP contribution in [0.2, 0.25) is 0 Å². The molecule has 0 saturated heterocycles. The largest absolute Gasteiger partial charge is 0.454 e. The molecule has 0 saturated carbocycles. The van der Waals surface area contributed by atoms with Gasteiger partial charge in [-0.05, 0) is 39.7 Å². The van der Waals surface area contributed by atoms with Gasteiger partial charge in [-0.2, -0.15) is 5.26 Å². The van der Waals surface area contributed by atoms with Crippen molar-refractivity contribution in [2.75, 3.05) is 6.79 Å². The topological polar surface area (TPSA) is 59.3 Å². The van der Waals surface area contributed by atoms with Gasteiger partial charge in [0.25, 0.3) is 0 Å². The highest BCUT2D eigenvalue weighted by Gasteiger charge is 2.19. The van der Waals surface area contributed by atoms with Crippen LogP contribution >= 0.6 is 15.9 Å². The lowest BCUT2D eigenvalue weighted by molar-refractivity contribution is -0.117. The fraction of sp³-hybridized carbons (Fsp3) is 0.286. The Kier molecular flexibility index (Phi) is 3.91. The molecule has 0 bridgehead atoms. The minimum atomic E-state index is -0.205. The lowest BCUT2D eigenvalue weighted by atomic mass is 10.00. The number of allylic oxidation sites excluding steroid dienone is 1. The number of nitriles is 1. The van der Waals surface area contributed by atoms with E-state index in [-0.39, 0.29) is 24.1 Å². The smallest absolute Gasteiger partial charge is 0.231 e. The summed E-state index contributed by atoms with van der Waals surface area (Å²) in [5.74, 6) is 0.875. The highest BCUT2D eigenvalue weighted by atomic mass is 79.9. The van der Waals surface area contributed by atoms with Gasteiger partial charge in [0.2, 0.25) is 6.79 Å². The number of ether oxygens (including phenoxy) is 2. The van der Waals surface area contributed by atoms with Crippen LogP contribution in [0.1, 0.15) is 19.4 Å². The van der Waals surface area contributed by atoms with Crippen LogP contribution < -0.4 is 9.47 Å². The van der Waals surface area contributed by atoms with E-state index < -0.39 is 0 Å². The van der Waals surface area contributed by atoms with Crippen molar-refractivity contribution in [3.05, 3.63) is 27.7 Å². The van der Waals surface area contributed by atoms with Gasteiger partial charge in [0, 0.05) is 5.92 Å². The number of ketones is 1. The van der Waals surface area contributed by atoms with Crippen molar-refractivity contribution in [3.63, 3.8) is 0 Å². The van der Waals surface area contributed by atoms with Crippen molar-refractivity contribution in [1.29, 1.82) is 5.26 Å². The van der Waals surface area contributed by atoms with Gasteiger partial charge in [-0.1, -0.05) is 13.8 Å². The van der Waals surface area contributed by atoms with Gasteiger partial charge < -0.3 is 9.47 Å². The molecule has 0 amide bonds. The van der Waals surface area contributed by atoms with Gasteiger partial charge in [0.05, 0.1) is 10.0 Å². The molecular weight excluding hydrogens is 310 g/mol. The Morgan fingerprint density at radius 3 is 2.84 bits per heavy atom. The van der Waals surface area contributed by atoms with Crippen molar-refractivity contribution in [2.24, 2.45) is 5.92 Å². The van der Waals surface area contributed by atoms with E-state index in [2.05, 4.69) is 15.9 Å². The van der Waals surface area contributed by atoms with Crippen molar-refractivity contribution in [1.82, 2.24) is 0 Å². The average Bonchev–Trinajstić information content (AvgIpc) is 2.83. The number of hydrogen-bond acceptors (Lipinski definition) is 4. The number of halogens is 1. The molecule has 0 radical (unpaired) electrons. The molecule has 98 valence electrons. The van der Waals surface area contributed by atoms with E-state index in [1.807, 2.05) is 6.07 Å². The van der Waals surface area contributed by atoms with Gasteiger partial charge in [-0.3, -0.25) is 4.79 Å². The van der Waals surface area contributed by atoms with Crippen LogP contribution in [0.5, 0.6) is 11.5 Å². The number of carbonyl (C=O) groups is 1. The quantitative estimate of drug-likeness (QED) is 0.633. The van der Waals surface area contributed by atoms with Crippen molar-refractivity contribution in [3.8, 4) is 17.6 Å². The minimum absolute atomic E-state index is 0.140. The fourth-order valence-electron chi connectivity index (χ4n) is 1.71. The summed E-state index contributed by atoms with van der Waals surface area (Å²) in [4.78, 5) is 11.8. The molecule has 1 aliphatic rings. The molecular formula is C14H12BrNO3. The molecule has 1 aromatic rings. The summed E-state index contributed by atoms with van der Waals surface area (Å²) in [7, 11) is 0. The summed E-state index contributed by atoms with van der Waals surface area (Å²) in [6.45, 7) is 3.71. The molecule has 0 aromatic heterocycles. The summed E-state index contributed by atoms with van der Waals surface area (Å²) >= 11 is 3.37. The Bertz CT molecular complexity index is 599. The summed E-state index contributed by atoms with van der Waals surface area (Å²) in [5, 5.41) is 9.06. The summed E-state index contributed by atoms with van der Waals surface area (Å²) < 4.78 is 11.3. The predicted molar refractivity (Wildman–Crippen MR) is 73.7 cm³/mol. The molecule has 19 heavy (non-hydrogen) atoms. The lowest BCUT2D eigenvalue weighted by Gasteiger charge is -2.04. The third kappa shape index (κ3) is 2.79. The number of nitrogens with zero attached hydrogens (tertiary/aromatic N) is 1. The lowest BCUT2D eigenvalue weighted by Crippen LogP contribution is -2.08. The Labute approximate surface area is 119 Å². The monoisotopic (exact) mass is 321 g/mol. The van der Waals surface area contributed by atoms with E-state index in [1.54, 1.807) is 32.1 Å². The van der Waals surface area contributed by atoms with Crippen LogP contribution in [0.25, 0.3) is 6.08 Å². The maximum atomic E-state index is 11.8. The third-order valence-electron chi connectivity index (χ3n) is 2.67. The second-order valence-electron chi connectivity index (χ2n) is 4.43. The first kappa shape index (κ1) is 13.6. The number of carbonyl (C=O) groups excluding carboxylic acids is 1. The van der Waals surface area contributed by atoms with Gasteiger partial charge >= 0.3 is 0 Å². The Balaban J connectivity index is 2.40. The van der Waals surface area contributed by atoms with E-state index >= 15 is 0 Å². The molecule has 1 heterocycles. The minimum Gasteiger partial charge on any atom is -0.454 e. The van der Waals surface area contributed by atoms with Gasteiger partial charge in [0.15, 0.2) is 17.3 Å². The second kappa shape index (κ2) is 5.45. The van der Waals surface area contributed by atoms with Crippen LogP contribution in [0.4, 0.5) is 0 Å². The third-order valence-corrected chi connectivity index (χ3v) is 3.26. The molecule has 4 nitrogen and oxygen atoms in total. The van der Waals surface area contributed by atoms with Crippen LogP contribution in [0, 0.1) is 17.2 Å².